The number of hydrogen-bond donors (Lipinski definition) is 2. The highest BCUT2D eigenvalue weighted by molar-refractivity contribution is 7.91. The number of halogens is 3. The summed E-state index contributed by atoms with van der Waals surface area (Å²) >= 11 is 0. The van der Waals surface area contributed by atoms with Crippen LogP contribution in [0.25, 0.3) is 5.69 Å². The van der Waals surface area contributed by atoms with Gasteiger partial charge in [0.1, 0.15) is 22.9 Å². The Morgan fingerprint density at radius 3 is 2.66 bits per heavy atom. The number of nitrogens with zero attached hydrogens (tertiary/aromatic N) is 2. The standard InChI is InChI=1S/C28H31F3N4O5S/c1-18-6-3-8-21(14-18)35-26(33-24(36)17-41(2,38)39)25-23(34-35)16-20(32-27(25)37)11-10-19-7-4-9-22(15-19)40-13-5-12-28(29,30)31/h3-4,6-9,14-15,20H,5,10-13,16-17H2,1-2H3,(H,32,37)(H,33,36)/t20-/m0/s1. The number of carbonyl (C=O) groups excluding carboxylic acids is 2. The normalized spacial score (nSPS) is 15.2. The van der Waals surface area contributed by atoms with Crippen LogP contribution in [0.3, 0.4) is 0 Å². The minimum atomic E-state index is -4.21. The fourth-order valence-electron chi connectivity index (χ4n) is 4.62. The van der Waals surface area contributed by atoms with Crippen LogP contribution in [0.5, 0.6) is 5.75 Å². The number of benzene rings is 2. The van der Waals surface area contributed by atoms with Gasteiger partial charge in [-0.15, -0.1) is 0 Å². The van der Waals surface area contributed by atoms with Crippen LogP contribution >= 0.6 is 0 Å². The molecule has 2 amide bonds. The molecule has 0 bridgehead atoms. The molecule has 0 saturated heterocycles. The van der Waals surface area contributed by atoms with E-state index in [1.807, 2.05) is 31.2 Å². The summed E-state index contributed by atoms with van der Waals surface area (Å²) in [6.07, 6.45) is -2.80. The lowest BCUT2D eigenvalue weighted by Crippen LogP contribution is -2.41. The number of aryl methyl sites for hydroxylation is 2. The summed E-state index contributed by atoms with van der Waals surface area (Å²) in [6.45, 7) is 1.84. The predicted octanol–water partition coefficient (Wildman–Crippen LogP) is 4.17. The molecule has 1 atom stereocenters. The Balaban J connectivity index is 1.48. The zero-order valence-corrected chi connectivity index (χ0v) is 23.4. The Labute approximate surface area is 236 Å². The van der Waals surface area contributed by atoms with E-state index in [4.69, 9.17) is 4.74 Å². The Bertz CT molecular complexity index is 1540. The molecule has 2 aromatic carbocycles. The highest BCUT2D eigenvalue weighted by atomic mass is 32.2. The number of nitrogens with one attached hydrogen (secondary N) is 2. The minimum Gasteiger partial charge on any atom is -0.494 e. The SMILES string of the molecule is Cc1cccc(-n2nc3c(c2NC(=O)CS(C)(=O)=O)C(=O)N[C@@H](CCc2cccc(OCCCC(F)(F)F)c2)C3)c1. The van der Waals surface area contributed by atoms with E-state index in [0.29, 0.717) is 36.4 Å². The van der Waals surface area contributed by atoms with E-state index in [1.165, 1.54) is 4.68 Å². The lowest BCUT2D eigenvalue weighted by atomic mass is 9.96. The molecule has 1 aromatic heterocycles. The number of fused-ring (bicyclic) bond motifs is 1. The van der Waals surface area contributed by atoms with E-state index in [9.17, 15) is 31.2 Å². The third kappa shape index (κ3) is 8.56. The van der Waals surface area contributed by atoms with Gasteiger partial charge < -0.3 is 15.4 Å². The summed E-state index contributed by atoms with van der Waals surface area (Å²) in [5, 5.41) is 10.2. The van der Waals surface area contributed by atoms with Crippen molar-refractivity contribution in [2.45, 2.75) is 51.2 Å². The molecule has 0 aliphatic carbocycles. The summed E-state index contributed by atoms with van der Waals surface area (Å²) in [5.41, 5.74) is 3.08. The van der Waals surface area contributed by atoms with Crippen LogP contribution < -0.4 is 15.4 Å². The summed E-state index contributed by atoms with van der Waals surface area (Å²) in [5.74, 6) is -1.38. The zero-order valence-electron chi connectivity index (χ0n) is 22.6. The maximum atomic E-state index is 13.2. The van der Waals surface area contributed by atoms with Gasteiger partial charge in [0.15, 0.2) is 9.84 Å². The lowest BCUT2D eigenvalue weighted by molar-refractivity contribution is -0.136. The maximum Gasteiger partial charge on any atom is 0.389 e. The molecule has 9 nitrogen and oxygen atoms in total. The number of rotatable bonds is 11. The summed E-state index contributed by atoms with van der Waals surface area (Å²) in [4.78, 5) is 25.8. The van der Waals surface area contributed by atoms with E-state index < -0.39 is 40.0 Å². The van der Waals surface area contributed by atoms with Crippen LogP contribution in [0.1, 0.15) is 46.4 Å². The van der Waals surface area contributed by atoms with Gasteiger partial charge in [0.05, 0.1) is 18.0 Å². The smallest absolute Gasteiger partial charge is 0.389 e. The first-order chi connectivity index (χ1) is 19.3. The van der Waals surface area contributed by atoms with E-state index >= 15 is 0 Å². The van der Waals surface area contributed by atoms with Crippen molar-refractivity contribution in [3.05, 3.63) is 70.9 Å². The monoisotopic (exact) mass is 592 g/mol. The molecule has 41 heavy (non-hydrogen) atoms. The van der Waals surface area contributed by atoms with Gasteiger partial charge in [-0.3, -0.25) is 9.59 Å². The van der Waals surface area contributed by atoms with E-state index in [-0.39, 0.29) is 30.5 Å². The second-order valence-corrected chi connectivity index (χ2v) is 12.3. The molecular formula is C28H31F3N4O5S. The molecule has 3 aromatic rings. The first-order valence-electron chi connectivity index (χ1n) is 13.0. The maximum absolute atomic E-state index is 13.2. The van der Waals surface area contributed by atoms with Crippen molar-refractivity contribution in [2.24, 2.45) is 0 Å². The van der Waals surface area contributed by atoms with Crippen LogP contribution in [0.2, 0.25) is 0 Å². The van der Waals surface area contributed by atoms with Gasteiger partial charge in [-0.1, -0.05) is 24.3 Å². The molecule has 0 fully saturated rings. The van der Waals surface area contributed by atoms with Gasteiger partial charge in [0.25, 0.3) is 5.91 Å². The van der Waals surface area contributed by atoms with Crippen molar-refractivity contribution in [1.29, 1.82) is 0 Å². The molecule has 0 radical (unpaired) electrons. The number of anilines is 1. The third-order valence-electron chi connectivity index (χ3n) is 6.41. The Kier molecular flexibility index (Phi) is 9.05. The summed E-state index contributed by atoms with van der Waals surface area (Å²) in [6, 6.07) is 14.1. The number of hydrogen-bond acceptors (Lipinski definition) is 6. The van der Waals surface area contributed by atoms with Crippen LogP contribution in [0.15, 0.2) is 48.5 Å². The van der Waals surface area contributed by atoms with E-state index in [1.54, 1.807) is 24.3 Å². The van der Waals surface area contributed by atoms with Crippen molar-refractivity contribution in [2.75, 3.05) is 23.9 Å². The Hall–Kier alpha value is -3.87. The van der Waals surface area contributed by atoms with Gasteiger partial charge in [0.2, 0.25) is 5.91 Å². The number of aromatic nitrogens is 2. The number of sulfone groups is 1. The molecule has 0 spiro atoms. The van der Waals surface area contributed by atoms with E-state index in [2.05, 4.69) is 15.7 Å². The first-order valence-corrected chi connectivity index (χ1v) is 15.1. The molecule has 0 unspecified atom stereocenters. The average Bonchev–Trinajstić information content (AvgIpc) is 3.22. The highest BCUT2D eigenvalue weighted by Gasteiger charge is 2.33. The highest BCUT2D eigenvalue weighted by Crippen LogP contribution is 2.29. The topological polar surface area (TPSA) is 119 Å². The first kappa shape index (κ1) is 30.1. The van der Waals surface area contributed by atoms with Crippen LogP contribution in [-0.4, -0.2) is 60.8 Å². The molecular weight excluding hydrogens is 561 g/mol. The number of ether oxygens (including phenoxy) is 1. The average molecular weight is 593 g/mol. The summed E-state index contributed by atoms with van der Waals surface area (Å²) < 4.78 is 67.3. The minimum absolute atomic E-state index is 0.0446. The van der Waals surface area contributed by atoms with Crippen molar-refractivity contribution in [3.8, 4) is 11.4 Å². The second kappa shape index (κ2) is 12.3. The molecule has 0 saturated carbocycles. The van der Waals surface area contributed by atoms with Crippen molar-refractivity contribution >= 4 is 27.5 Å². The van der Waals surface area contributed by atoms with Gasteiger partial charge in [-0.05, 0) is 61.6 Å². The fraction of sp³-hybridized carbons (Fsp3) is 0.393. The van der Waals surface area contributed by atoms with Crippen molar-refractivity contribution < 1.29 is 35.9 Å². The van der Waals surface area contributed by atoms with Crippen LogP contribution in [0, 0.1) is 6.92 Å². The third-order valence-corrected chi connectivity index (χ3v) is 7.20. The molecule has 1 aliphatic heterocycles. The number of amides is 2. The van der Waals surface area contributed by atoms with E-state index in [0.717, 1.165) is 17.4 Å². The predicted molar refractivity (Wildman–Crippen MR) is 147 cm³/mol. The van der Waals surface area contributed by atoms with Crippen molar-refractivity contribution in [1.82, 2.24) is 15.1 Å². The van der Waals surface area contributed by atoms with Gasteiger partial charge in [0, 0.05) is 25.1 Å². The summed E-state index contributed by atoms with van der Waals surface area (Å²) in [7, 11) is -3.60. The quantitative estimate of drug-likeness (QED) is 0.323. The molecule has 1 aliphatic rings. The zero-order chi connectivity index (χ0) is 29.8. The Morgan fingerprint density at radius 2 is 1.95 bits per heavy atom. The van der Waals surface area contributed by atoms with Crippen LogP contribution in [0.4, 0.5) is 19.0 Å². The largest absolute Gasteiger partial charge is 0.494 e. The van der Waals surface area contributed by atoms with Crippen LogP contribution in [-0.2, 0) is 27.5 Å². The fourth-order valence-corrected chi connectivity index (χ4v) is 5.17. The molecule has 13 heteroatoms. The van der Waals surface area contributed by atoms with Crippen molar-refractivity contribution in [3.63, 3.8) is 0 Å². The molecule has 2 N–H and O–H groups in total. The molecule has 2 heterocycles. The molecule has 220 valence electrons. The second-order valence-electron chi connectivity index (χ2n) is 10.2. The number of carbonyl (C=O) groups is 2. The van der Waals surface area contributed by atoms with Gasteiger partial charge in [-0.25, -0.2) is 13.1 Å². The number of alkyl halides is 3. The molecule has 4 rings (SSSR count). The van der Waals surface area contributed by atoms with Gasteiger partial charge >= 0.3 is 6.18 Å². The Morgan fingerprint density at radius 1 is 1.20 bits per heavy atom. The lowest BCUT2D eigenvalue weighted by Gasteiger charge is -2.23. The van der Waals surface area contributed by atoms with Gasteiger partial charge in [-0.2, -0.15) is 18.3 Å².